The van der Waals surface area contributed by atoms with Gasteiger partial charge in [0.2, 0.25) is 23.6 Å². The summed E-state index contributed by atoms with van der Waals surface area (Å²) in [6, 6.07) is -4.30. The van der Waals surface area contributed by atoms with E-state index in [9.17, 15) is 29.1 Å². The SMILES string of the molecule is C[C@@H](O)[C@H](N)C(=O)N[C@@H](CCC(N)=O)C(=O)N[C@@H](CC(N)=O)C(=O)O. The van der Waals surface area contributed by atoms with Crippen LogP contribution in [-0.2, 0) is 24.0 Å². The second-order valence-electron chi connectivity index (χ2n) is 5.40. The van der Waals surface area contributed by atoms with Gasteiger partial charge in [0.05, 0.1) is 12.5 Å². The number of carboxylic acid groups (broad SMARTS) is 1. The van der Waals surface area contributed by atoms with Crippen LogP contribution in [0, 0.1) is 0 Å². The molecule has 0 aromatic rings. The Kier molecular flexibility index (Phi) is 9.09. The Labute approximate surface area is 143 Å². The first kappa shape index (κ1) is 22.3. The molecule has 0 saturated heterocycles. The highest BCUT2D eigenvalue weighted by molar-refractivity contribution is 5.93. The summed E-state index contributed by atoms with van der Waals surface area (Å²) >= 11 is 0. The van der Waals surface area contributed by atoms with Crippen molar-refractivity contribution in [2.75, 3.05) is 0 Å². The van der Waals surface area contributed by atoms with Crippen molar-refractivity contribution in [3.63, 3.8) is 0 Å². The van der Waals surface area contributed by atoms with Crippen molar-refractivity contribution in [3.05, 3.63) is 0 Å². The third kappa shape index (κ3) is 8.62. The van der Waals surface area contributed by atoms with Crippen LogP contribution in [0.15, 0.2) is 0 Å². The Morgan fingerprint density at radius 3 is 1.88 bits per heavy atom. The fourth-order valence-corrected chi connectivity index (χ4v) is 1.72. The highest BCUT2D eigenvalue weighted by atomic mass is 16.4. The molecule has 0 unspecified atom stereocenters. The molecule has 0 fully saturated rings. The Balaban J connectivity index is 5.13. The van der Waals surface area contributed by atoms with Crippen LogP contribution in [0.5, 0.6) is 0 Å². The van der Waals surface area contributed by atoms with Gasteiger partial charge in [-0.15, -0.1) is 0 Å². The van der Waals surface area contributed by atoms with E-state index in [4.69, 9.17) is 22.3 Å². The fraction of sp³-hybridized carbons (Fsp3) is 0.615. The molecule has 0 rings (SSSR count). The Morgan fingerprint density at radius 2 is 1.48 bits per heavy atom. The monoisotopic (exact) mass is 361 g/mol. The molecular formula is C13H23N5O7. The molecule has 0 spiro atoms. The van der Waals surface area contributed by atoms with Crippen LogP contribution < -0.4 is 27.8 Å². The number of aliphatic carboxylic acids is 1. The van der Waals surface area contributed by atoms with Crippen LogP contribution in [0.3, 0.4) is 0 Å². The van der Waals surface area contributed by atoms with Gasteiger partial charge in [0.25, 0.3) is 0 Å². The number of carbonyl (C=O) groups excluding carboxylic acids is 4. The molecule has 4 amide bonds. The minimum absolute atomic E-state index is 0.234. The number of carbonyl (C=O) groups is 5. The topological polar surface area (TPSA) is 228 Å². The fourth-order valence-electron chi connectivity index (χ4n) is 1.72. The van der Waals surface area contributed by atoms with Crippen molar-refractivity contribution in [2.24, 2.45) is 17.2 Å². The van der Waals surface area contributed by atoms with E-state index in [1.807, 2.05) is 5.32 Å². The molecule has 0 saturated carbocycles. The van der Waals surface area contributed by atoms with Crippen LogP contribution in [0.2, 0.25) is 0 Å². The van der Waals surface area contributed by atoms with Crippen LogP contribution in [0.4, 0.5) is 0 Å². The number of carboxylic acids is 1. The molecular weight excluding hydrogens is 338 g/mol. The van der Waals surface area contributed by atoms with Crippen molar-refractivity contribution in [2.45, 2.75) is 50.4 Å². The average molecular weight is 361 g/mol. The van der Waals surface area contributed by atoms with Gasteiger partial charge in [-0.1, -0.05) is 0 Å². The largest absolute Gasteiger partial charge is 0.480 e. The lowest BCUT2D eigenvalue weighted by Gasteiger charge is -2.23. The van der Waals surface area contributed by atoms with Crippen LogP contribution in [-0.4, -0.2) is 64.0 Å². The molecule has 10 N–H and O–H groups in total. The zero-order chi connectivity index (χ0) is 19.7. The van der Waals surface area contributed by atoms with Crippen LogP contribution in [0.1, 0.15) is 26.2 Å². The lowest BCUT2D eigenvalue weighted by Crippen LogP contribution is -2.56. The summed E-state index contributed by atoms with van der Waals surface area (Å²) in [6.07, 6.45) is -2.38. The molecule has 12 heteroatoms. The third-order valence-corrected chi connectivity index (χ3v) is 3.15. The Bertz CT molecular complexity index is 537. The number of nitrogens with two attached hydrogens (primary N) is 3. The number of rotatable bonds is 11. The molecule has 25 heavy (non-hydrogen) atoms. The number of amides is 4. The van der Waals surface area contributed by atoms with E-state index in [0.29, 0.717) is 0 Å². The molecule has 0 bridgehead atoms. The lowest BCUT2D eigenvalue weighted by atomic mass is 10.1. The third-order valence-electron chi connectivity index (χ3n) is 3.15. The van der Waals surface area contributed by atoms with Crippen molar-refractivity contribution >= 4 is 29.6 Å². The molecule has 0 aliphatic rings. The first-order valence-electron chi connectivity index (χ1n) is 7.29. The van der Waals surface area contributed by atoms with Crippen molar-refractivity contribution < 1.29 is 34.2 Å². The number of nitrogens with one attached hydrogen (secondary N) is 2. The number of aliphatic hydroxyl groups excluding tert-OH is 1. The van der Waals surface area contributed by atoms with Gasteiger partial charge in [-0.2, -0.15) is 0 Å². The van der Waals surface area contributed by atoms with E-state index in [1.165, 1.54) is 6.92 Å². The molecule has 0 heterocycles. The van der Waals surface area contributed by atoms with Gasteiger partial charge in [0, 0.05) is 6.42 Å². The van der Waals surface area contributed by atoms with E-state index in [-0.39, 0.29) is 12.8 Å². The highest BCUT2D eigenvalue weighted by Gasteiger charge is 2.29. The van der Waals surface area contributed by atoms with Gasteiger partial charge >= 0.3 is 5.97 Å². The maximum atomic E-state index is 12.2. The second-order valence-corrected chi connectivity index (χ2v) is 5.40. The van der Waals surface area contributed by atoms with E-state index in [2.05, 4.69) is 5.32 Å². The molecule has 12 nitrogen and oxygen atoms in total. The van der Waals surface area contributed by atoms with Crippen LogP contribution in [0.25, 0.3) is 0 Å². The van der Waals surface area contributed by atoms with Crippen molar-refractivity contribution in [3.8, 4) is 0 Å². The maximum Gasteiger partial charge on any atom is 0.326 e. The number of hydrogen-bond acceptors (Lipinski definition) is 7. The summed E-state index contributed by atoms with van der Waals surface area (Å²) in [5.41, 5.74) is 15.3. The Morgan fingerprint density at radius 1 is 0.960 bits per heavy atom. The number of hydrogen-bond donors (Lipinski definition) is 7. The summed E-state index contributed by atoms with van der Waals surface area (Å²) in [5, 5.41) is 22.5. The molecule has 4 atom stereocenters. The quantitative estimate of drug-likeness (QED) is 0.191. The molecule has 0 aliphatic heterocycles. The van der Waals surface area contributed by atoms with E-state index >= 15 is 0 Å². The van der Waals surface area contributed by atoms with Gasteiger partial charge in [-0.25, -0.2) is 4.79 Å². The minimum Gasteiger partial charge on any atom is -0.480 e. The summed E-state index contributed by atoms with van der Waals surface area (Å²) in [6.45, 7) is 1.26. The summed E-state index contributed by atoms with van der Waals surface area (Å²) in [4.78, 5) is 56.8. The maximum absolute atomic E-state index is 12.2. The van der Waals surface area contributed by atoms with Gasteiger partial charge in [-0.3, -0.25) is 19.2 Å². The normalized spacial score (nSPS) is 15.3. The molecule has 142 valence electrons. The smallest absolute Gasteiger partial charge is 0.326 e. The Hall–Kier alpha value is -2.73. The average Bonchev–Trinajstić information content (AvgIpc) is 2.48. The van der Waals surface area contributed by atoms with Gasteiger partial charge < -0.3 is 38.0 Å². The molecule has 0 radical (unpaired) electrons. The minimum atomic E-state index is -1.61. The van der Waals surface area contributed by atoms with Crippen LogP contribution >= 0.6 is 0 Å². The first-order valence-corrected chi connectivity index (χ1v) is 7.29. The standard InChI is InChI=1S/C13H23N5O7/c1-5(19)10(16)12(23)17-6(2-3-8(14)20)11(22)18-7(13(24)25)4-9(15)21/h5-7,10,19H,2-4,16H2,1H3,(H2,14,20)(H2,15,21)(H,17,23)(H,18,22)(H,24,25)/t5-,6+,7+,10+/m1/s1. The zero-order valence-electron chi connectivity index (χ0n) is 13.6. The second kappa shape index (κ2) is 10.2. The summed E-state index contributed by atoms with van der Waals surface area (Å²) < 4.78 is 0. The van der Waals surface area contributed by atoms with E-state index in [0.717, 1.165) is 0 Å². The van der Waals surface area contributed by atoms with Gasteiger partial charge in [-0.05, 0) is 13.3 Å². The van der Waals surface area contributed by atoms with E-state index < -0.39 is 60.2 Å². The lowest BCUT2D eigenvalue weighted by molar-refractivity contribution is -0.143. The summed E-state index contributed by atoms with van der Waals surface area (Å²) in [5.74, 6) is -5.07. The zero-order valence-corrected chi connectivity index (χ0v) is 13.6. The predicted octanol–water partition coefficient (Wildman–Crippen LogP) is -4.11. The molecule has 0 aromatic carbocycles. The van der Waals surface area contributed by atoms with Gasteiger partial charge in [0.15, 0.2) is 0 Å². The predicted molar refractivity (Wildman–Crippen MR) is 83.4 cm³/mol. The number of primary amides is 2. The highest BCUT2D eigenvalue weighted by Crippen LogP contribution is 2.02. The number of aliphatic hydroxyl groups is 1. The molecule has 0 aromatic heterocycles. The summed E-state index contributed by atoms with van der Waals surface area (Å²) in [7, 11) is 0. The first-order chi connectivity index (χ1) is 11.5. The van der Waals surface area contributed by atoms with Gasteiger partial charge in [0.1, 0.15) is 18.1 Å². The van der Waals surface area contributed by atoms with Crippen molar-refractivity contribution in [1.29, 1.82) is 0 Å². The molecule has 0 aliphatic carbocycles. The van der Waals surface area contributed by atoms with E-state index in [1.54, 1.807) is 0 Å². The van der Waals surface area contributed by atoms with Crippen molar-refractivity contribution in [1.82, 2.24) is 10.6 Å².